The summed E-state index contributed by atoms with van der Waals surface area (Å²) < 4.78 is 10.6. The third kappa shape index (κ3) is 3.87. The van der Waals surface area contributed by atoms with E-state index >= 15 is 0 Å². The van der Waals surface area contributed by atoms with Crippen LogP contribution in [0.4, 0.5) is 0 Å². The van der Waals surface area contributed by atoms with Crippen molar-refractivity contribution >= 4 is 5.97 Å². The van der Waals surface area contributed by atoms with Gasteiger partial charge in [0.1, 0.15) is 11.5 Å². The number of carbonyl (C=O) groups is 1. The molecular weight excluding hydrogens is 258 g/mol. The number of methoxy groups -OCH3 is 2. The number of hydrogen-bond donors (Lipinski definition) is 1. The Hall–Kier alpha value is -1.75. The maximum absolute atomic E-state index is 11.0. The lowest BCUT2D eigenvalue weighted by molar-refractivity contribution is -0.139. The first-order valence-corrected chi connectivity index (χ1v) is 6.60. The van der Waals surface area contributed by atoms with Crippen LogP contribution >= 0.6 is 0 Å². The van der Waals surface area contributed by atoms with Gasteiger partial charge in [-0.15, -0.1) is 0 Å². The summed E-state index contributed by atoms with van der Waals surface area (Å²) in [5, 5.41) is 9.06. The molecule has 0 radical (unpaired) electrons. The van der Waals surface area contributed by atoms with Crippen molar-refractivity contribution in [2.75, 3.05) is 20.8 Å². The topological polar surface area (TPSA) is 59.0 Å². The third-order valence-corrected chi connectivity index (χ3v) is 3.37. The van der Waals surface area contributed by atoms with E-state index < -0.39 is 5.97 Å². The van der Waals surface area contributed by atoms with Crippen molar-refractivity contribution in [3.8, 4) is 11.5 Å². The molecule has 0 amide bonds. The number of rotatable bonds is 7. The quantitative estimate of drug-likeness (QED) is 0.832. The molecule has 1 aromatic carbocycles. The zero-order valence-corrected chi connectivity index (χ0v) is 12.7. The molecule has 0 fully saturated rings. The molecule has 1 rings (SSSR count). The van der Waals surface area contributed by atoms with E-state index in [1.54, 1.807) is 14.2 Å². The molecule has 0 spiro atoms. The van der Waals surface area contributed by atoms with E-state index in [-0.39, 0.29) is 18.6 Å². The monoisotopic (exact) mass is 281 g/mol. The third-order valence-electron chi connectivity index (χ3n) is 3.37. The Kier molecular flexibility index (Phi) is 5.82. The average Bonchev–Trinajstić information content (AvgIpc) is 2.42. The fourth-order valence-corrected chi connectivity index (χ4v) is 2.27. The summed E-state index contributed by atoms with van der Waals surface area (Å²) in [7, 11) is 3.21. The lowest BCUT2D eigenvalue weighted by Crippen LogP contribution is -2.37. The molecule has 1 N–H and O–H groups in total. The molecule has 1 aromatic rings. The van der Waals surface area contributed by atoms with Crippen LogP contribution in [0.1, 0.15) is 32.4 Å². The molecule has 0 aliphatic rings. The fraction of sp³-hybridized carbons (Fsp3) is 0.533. The number of carboxylic acid groups (broad SMARTS) is 1. The Balaban J connectivity index is 3.15. The molecule has 0 bridgehead atoms. The number of benzene rings is 1. The summed E-state index contributed by atoms with van der Waals surface area (Å²) in [4.78, 5) is 12.9. The van der Waals surface area contributed by atoms with Crippen LogP contribution in [0, 0.1) is 0 Å². The predicted molar refractivity (Wildman–Crippen MR) is 77.4 cm³/mol. The second kappa shape index (κ2) is 7.14. The summed E-state index contributed by atoms with van der Waals surface area (Å²) in [6.07, 6.45) is 0. The highest BCUT2D eigenvalue weighted by atomic mass is 16.5. The molecule has 20 heavy (non-hydrogen) atoms. The van der Waals surface area contributed by atoms with Gasteiger partial charge in [-0.25, -0.2) is 0 Å². The first-order chi connectivity index (χ1) is 9.40. The van der Waals surface area contributed by atoms with Gasteiger partial charge in [0.25, 0.3) is 0 Å². The van der Waals surface area contributed by atoms with Crippen LogP contribution in [-0.4, -0.2) is 42.8 Å². The molecule has 1 unspecified atom stereocenters. The molecule has 5 heteroatoms. The van der Waals surface area contributed by atoms with Crippen LogP contribution < -0.4 is 9.47 Å². The smallest absolute Gasteiger partial charge is 0.317 e. The van der Waals surface area contributed by atoms with Gasteiger partial charge in [-0.05, 0) is 39.0 Å². The van der Waals surface area contributed by atoms with E-state index in [9.17, 15) is 4.79 Å². The summed E-state index contributed by atoms with van der Waals surface area (Å²) in [6, 6.07) is 5.57. The largest absolute Gasteiger partial charge is 0.497 e. The normalized spacial score (nSPS) is 12.6. The molecular formula is C15H23NO4. The molecule has 5 nitrogen and oxygen atoms in total. The van der Waals surface area contributed by atoms with Crippen molar-refractivity contribution in [2.24, 2.45) is 0 Å². The van der Waals surface area contributed by atoms with Crippen molar-refractivity contribution in [2.45, 2.75) is 32.9 Å². The molecule has 0 saturated carbocycles. The molecule has 0 saturated heterocycles. The first-order valence-electron chi connectivity index (χ1n) is 6.60. The van der Waals surface area contributed by atoms with E-state index in [0.717, 1.165) is 17.1 Å². The highest BCUT2D eigenvalue weighted by molar-refractivity contribution is 5.69. The highest BCUT2D eigenvalue weighted by Crippen LogP contribution is 2.33. The Morgan fingerprint density at radius 3 is 2.35 bits per heavy atom. The van der Waals surface area contributed by atoms with Crippen LogP contribution in [-0.2, 0) is 4.79 Å². The highest BCUT2D eigenvalue weighted by Gasteiger charge is 2.24. The number of aliphatic carboxylic acids is 1. The number of hydrogen-bond acceptors (Lipinski definition) is 4. The van der Waals surface area contributed by atoms with Crippen molar-refractivity contribution in [3.63, 3.8) is 0 Å². The Bertz CT molecular complexity index is 459. The Morgan fingerprint density at radius 2 is 1.90 bits per heavy atom. The zero-order valence-electron chi connectivity index (χ0n) is 12.7. The predicted octanol–water partition coefficient (Wildman–Crippen LogP) is 2.56. The molecule has 1 atom stereocenters. The maximum Gasteiger partial charge on any atom is 0.317 e. The van der Waals surface area contributed by atoms with Crippen LogP contribution in [0.25, 0.3) is 0 Å². The number of carboxylic acids is 1. The van der Waals surface area contributed by atoms with Crippen molar-refractivity contribution in [1.82, 2.24) is 4.90 Å². The average molecular weight is 281 g/mol. The van der Waals surface area contributed by atoms with Gasteiger partial charge in [-0.2, -0.15) is 0 Å². The van der Waals surface area contributed by atoms with Gasteiger partial charge < -0.3 is 14.6 Å². The van der Waals surface area contributed by atoms with Crippen LogP contribution in [0.2, 0.25) is 0 Å². The van der Waals surface area contributed by atoms with Crippen LogP contribution in [0.15, 0.2) is 18.2 Å². The Morgan fingerprint density at radius 1 is 1.25 bits per heavy atom. The Labute approximate surface area is 120 Å². The van der Waals surface area contributed by atoms with Gasteiger partial charge in [-0.3, -0.25) is 9.69 Å². The van der Waals surface area contributed by atoms with Crippen molar-refractivity contribution in [3.05, 3.63) is 23.8 Å². The minimum absolute atomic E-state index is 0.0147. The first kappa shape index (κ1) is 16.3. The summed E-state index contributed by atoms with van der Waals surface area (Å²) >= 11 is 0. The zero-order chi connectivity index (χ0) is 15.3. The minimum atomic E-state index is -0.840. The van der Waals surface area contributed by atoms with E-state index in [0.29, 0.717) is 0 Å². The second-order valence-electron chi connectivity index (χ2n) is 4.94. The fourth-order valence-electron chi connectivity index (χ4n) is 2.27. The van der Waals surface area contributed by atoms with Gasteiger partial charge in [0.05, 0.1) is 20.8 Å². The van der Waals surface area contributed by atoms with Gasteiger partial charge >= 0.3 is 5.97 Å². The second-order valence-corrected chi connectivity index (χ2v) is 4.94. The van der Waals surface area contributed by atoms with Crippen LogP contribution in [0.5, 0.6) is 11.5 Å². The van der Waals surface area contributed by atoms with E-state index in [4.69, 9.17) is 14.6 Å². The molecule has 0 aliphatic carbocycles. The molecule has 0 heterocycles. The lowest BCUT2D eigenvalue weighted by Gasteiger charge is -2.32. The summed E-state index contributed by atoms with van der Waals surface area (Å²) in [5.41, 5.74) is 0.918. The molecule has 112 valence electrons. The number of nitrogens with zero attached hydrogens (tertiary/aromatic N) is 1. The summed E-state index contributed by atoms with van der Waals surface area (Å²) in [5.74, 6) is 0.619. The van der Waals surface area contributed by atoms with Gasteiger partial charge in [-0.1, -0.05) is 0 Å². The van der Waals surface area contributed by atoms with Crippen molar-refractivity contribution in [1.29, 1.82) is 0 Å². The lowest BCUT2D eigenvalue weighted by atomic mass is 10.0. The van der Waals surface area contributed by atoms with Gasteiger partial charge in [0.15, 0.2) is 0 Å². The summed E-state index contributed by atoms with van der Waals surface area (Å²) in [6.45, 7) is 5.91. The van der Waals surface area contributed by atoms with Crippen LogP contribution in [0.3, 0.4) is 0 Å². The van der Waals surface area contributed by atoms with E-state index in [2.05, 4.69) is 0 Å². The SMILES string of the molecule is COc1ccc(OC)c(C(C)N(CC(=O)O)C(C)C)c1. The standard InChI is InChI=1S/C15H23NO4/c1-10(2)16(9-15(17)18)11(3)13-8-12(19-4)6-7-14(13)20-5/h6-8,10-11H,9H2,1-5H3,(H,17,18). The number of ether oxygens (including phenoxy) is 2. The maximum atomic E-state index is 11.0. The minimum Gasteiger partial charge on any atom is -0.497 e. The van der Waals surface area contributed by atoms with Gasteiger partial charge in [0, 0.05) is 17.6 Å². The van der Waals surface area contributed by atoms with Crippen molar-refractivity contribution < 1.29 is 19.4 Å². The van der Waals surface area contributed by atoms with E-state index in [1.165, 1.54) is 0 Å². The van der Waals surface area contributed by atoms with E-state index in [1.807, 2.05) is 43.9 Å². The van der Waals surface area contributed by atoms with Gasteiger partial charge in [0.2, 0.25) is 0 Å². The molecule has 0 aromatic heterocycles. The molecule has 0 aliphatic heterocycles.